The molecule has 1 aliphatic heterocycles. The van der Waals surface area contributed by atoms with Crippen molar-refractivity contribution in [1.29, 1.82) is 5.26 Å². The number of rotatable bonds is 3. The summed E-state index contributed by atoms with van der Waals surface area (Å²) in [4.78, 5) is 13.4. The minimum absolute atomic E-state index is 0.0106. The van der Waals surface area contributed by atoms with Crippen molar-refractivity contribution < 1.29 is 9.53 Å². The molecule has 0 aliphatic carbocycles. The summed E-state index contributed by atoms with van der Waals surface area (Å²) in [5.41, 5.74) is 0.786. The number of hydrogen-bond acceptors (Lipinski definition) is 3. The predicted octanol–water partition coefficient (Wildman–Crippen LogP) is 2.22. The molecule has 1 aromatic carbocycles. The van der Waals surface area contributed by atoms with Crippen LogP contribution in [0.3, 0.4) is 0 Å². The minimum atomic E-state index is -0.217. The number of hydrogen-bond donors (Lipinski definition) is 0. The van der Waals surface area contributed by atoms with Gasteiger partial charge in [0.15, 0.2) is 0 Å². The summed E-state index contributed by atoms with van der Waals surface area (Å²) in [6.07, 6.45) is 0.295. The molecule has 4 nitrogen and oxygen atoms in total. The Labute approximate surface area is 111 Å². The van der Waals surface area contributed by atoms with Gasteiger partial charge in [0.1, 0.15) is 5.75 Å². The molecule has 0 saturated carbocycles. The van der Waals surface area contributed by atoms with Crippen molar-refractivity contribution in [3.8, 4) is 11.8 Å². The van der Waals surface area contributed by atoms with E-state index in [0.717, 1.165) is 5.56 Å². The highest BCUT2D eigenvalue weighted by atomic mass is 35.5. The summed E-state index contributed by atoms with van der Waals surface area (Å²) in [7, 11) is 1.57. The molecule has 2 rings (SSSR count). The fourth-order valence-electron chi connectivity index (χ4n) is 2.09. The number of halogens is 1. The lowest BCUT2D eigenvalue weighted by Gasteiger charge is -2.18. The van der Waals surface area contributed by atoms with Crippen LogP contribution in [-0.2, 0) is 11.3 Å². The van der Waals surface area contributed by atoms with E-state index in [0.29, 0.717) is 30.3 Å². The van der Waals surface area contributed by atoms with E-state index in [1.807, 2.05) is 6.07 Å². The van der Waals surface area contributed by atoms with Gasteiger partial charge >= 0.3 is 0 Å². The van der Waals surface area contributed by atoms with Crippen LogP contribution in [-0.4, -0.2) is 24.5 Å². The molecule has 1 amide bonds. The highest BCUT2D eigenvalue weighted by Gasteiger charge is 2.30. The largest absolute Gasteiger partial charge is 0.496 e. The zero-order valence-electron chi connectivity index (χ0n) is 10.0. The van der Waals surface area contributed by atoms with Crippen molar-refractivity contribution in [2.75, 3.05) is 13.7 Å². The molecule has 0 N–H and O–H groups in total. The standard InChI is InChI=1S/C13H13ClN2O2/c1-18-12-4-2-3-11(14)10(12)8-16-7-9(6-15)5-13(16)17/h2-4,9H,5,7-8H2,1H3. The normalized spacial score (nSPS) is 18.8. The van der Waals surface area contributed by atoms with Gasteiger partial charge in [-0.25, -0.2) is 0 Å². The monoisotopic (exact) mass is 264 g/mol. The maximum atomic E-state index is 11.7. The van der Waals surface area contributed by atoms with Crippen LogP contribution < -0.4 is 4.74 Å². The van der Waals surface area contributed by atoms with E-state index >= 15 is 0 Å². The third-order valence-corrected chi connectivity index (χ3v) is 3.40. The second kappa shape index (κ2) is 5.28. The molecule has 18 heavy (non-hydrogen) atoms. The number of carbonyl (C=O) groups is 1. The molecule has 1 aromatic rings. The van der Waals surface area contributed by atoms with Gasteiger partial charge in [-0.05, 0) is 12.1 Å². The fourth-order valence-corrected chi connectivity index (χ4v) is 2.31. The van der Waals surface area contributed by atoms with Crippen molar-refractivity contribution in [3.63, 3.8) is 0 Å². The summed E-state index contributed by atoms with van der Waals surface area (Å²) < 4.78 is 5.24. The van der Waals surface area contributed by atoms with Gasteiger partial charge in [-0.3, -0.25) is 4.79 Å². The Morgan fingerprint density at radius 3 is 3.00 bits per heavy atom. The van der Waals surface area contributed by atoms with Crippen LogP contribution in [0.2, 0.25) is 5.02 Å². The number of nitrogens with zero attached hydrogens (tertiary/aromatic N) is 2. The smallest absolute Gasteiger partial charge is 0.224 e. The average Bonchev–Trinajstić information content (AvgIpc) is 2.73. The Morgan fingerprint density at radius 2 is 2.39 bits per heavy atom. The first-order valence-electron chi connectivity index (χ1n) is 5.64. The number of amides is 1. The molecule has 1 unspecified atom stereocenters. The molecule has 1 saturated heterocycles. The number of likely N-dealkylation sites (tertiary alicyclic amines) is 1. The lowest BCUT2D eigenvalue weighted by molar-refractivity contribution is -0.128. The third-order valence-electron chi connectivity index (χ3n) is 3.04. The number of ether oxygens (including phenoxy) is 1. The summed E-state index contributed by atoms with van der Waals surface area (Å²) >= 11 is 6.12. The summed E-state index contributed by atoms with van der Waals surface area (Å²) in [6.45, 7) is 0.851. The highest BCUT2D eigenvalue weighted by molar-refractivity contribution is 6.31. The second-order valence-electron chi connectivity index (χ2n) is 4.23. The number of benzene rings is 1. The quantitative estimate of drug-likeness (QED) is 0.841. The van der Waals surface area contributed by atoms with Crippen LogP contribution in [0.25, 0.3) is 0 Å². The van der Waals surface area contributed by atoms with E-state index in [1.54, 1.807) is 24.1 Å². The average molecular weight is 265 g/mol. The zero-order chi connectivity index (χ0) is 13.1. The molecule has 0 aromatic heterocycles. The van der Waals surface area contributed by atoms with Gasteiger partial charge in [0.05, 0.1) is 25.6 Å². The maximum Gasteiger partial charge on any atom is 0.224 e. The Balaban J connectivity index is 2.20. The van der Waals surface area contributed by atoms with Gasteiger partial charge in [0, 0.05) is 23.6 Å². The molecular weight excluding hydrogens is 252 g/mol. The van der Waals surface area contributed by atoms with Gasteiger partial charge < -0.3 is 9.64 Å². The molecule has 1 atom stereocenters. The van der Waals surface area contributed by atoms with Crippen molar-refractivity contribution in [1.82, 2.24) is 4.90 Å². The summed E-state index contributed by atoms with van der Waals surface area (Å²) in [5, 5.41) is 9.42. The summed E-state index contributed by atoms with van der Waals surface area (Å²) in [6, 6.07) is 7.50. The van der Waals surface area contributed by atoms with Gasteiger partial charge in [-0.1, -0.05) is 17.7 Å². The van der Waals surface area contributed by atoms with Crippen molar-refractivity contribution in [3.05, 3.63) is 28.8 Å². The molecular formula is C13H13ClN2O2. The number of methoxy groups -OCH3 is 1. The van der Waals surface area contributed by atoms with Gasteiger partial charge in [0.2, 0.25) is 5.91 Å². The van der Waals surface area contributed by atoms with Gasteiger partial charge in [-0.2, -0.15) is 5.26 Å². The van der Waals surface area contributed by atoms with E-state index in [1.165, 1.54) is 0 Å². The van der Waals surface area contributed by atoms with Crippen LogP contribution in [0.1, 0.15) is 12.0 Å². The molecule has 1 heterocycles. The fraction of sp³-hybridized carbons (Fsp3) is 0.385. The van der Waals surface area contributed by atoms with E-state index in [-0.39, 0.29) is 11.8 Å². The SMILES string of the molecule is COc1cccc(Cl)c1CN1CC(C#N)CC1=O. The topological polar surface area (TPSA) is 53.3 Å². The molecule has 1 fully saturated rings. The predicted molar refractivity (Wildman–Crippen MR) is 67.1 cm³/mol. The van der Waals surface area contributed by atoms with Gasteiger partial charge in [0.25, 0.3) is 0 Å². The Morgan fingerprint density at radius 1 is 1.61 bits per heavy atom. The van der Waals surface area contributed by atoms with E-state index in [9.17, 15) is 4.79 Å². The van der Waals surface area contributed by atoms with Crippen molar-refractivity contribution in [2.45, 2.75) is 13.0 Å². The van der Waals surface area contributed by atoms with Crippen LogP contribution in [0.4, 0.5) is 0 Å². The van der Waals surface area contributed by atoms with Crippen LogP contribution in [0, 0.1) is 17.2 Å². The molecule has 0 spiro atoms. The maximum absolute atomic E-state index is 11.7. The molecule has 94 valence electrons. The lowest BCUT2D eigenvalue weighted by atomic mass is 10.1. The van der Waals surface area contributed by atoms with Crippen molar-refractivity contribution >= 4 is 17.5 Å². The van der Waals surface area contributed by atoms with Crippen molar-refractivity contribution in [2.24, 2.45) is 5.92 Å². The van der Waals surface area contributed by atoms with E-state index < -0.39 is 0 Å². The molecule has 1 aliphatic rings. The first kappa shape index (κ1) is 12.7. The van der Waals surface area contributed by atoms with E-state index in [2.05, 4.69) is 6.07 Å². The number of carbonyl (C=O) groups excluding carboxylic acids is 1. The Bertz CT molecular complexity index is 510. The second-order valence-corrected chi connectivity index (χ2v) is 4.63. The Kier molecular flexibility index (Phi) is 3.73. The first-order chi connectivity index (χ1) is 8.65. The zero-order valence-corrected chi connectivity index (χ0v) is 10.8. The lowest BCUT2D eigenvalue weighted by Crippen LogP contribution is -2.25. The minimum Gasteiger partial charge on any atom is -0.496 e. The van der Waals surface area contributed by atoms with Crippen LogP contribution in [0.5, 0.6) is 5.75 Å². The van der Waals surface area contributed by atoms with Crippen LogP contribution in [0.15, 0.2) is 18.2 Å². The highest BCUT2D eigenvalue weighted by Crippen LogP contribution is 2.29. The summed E-state index contributed by atoms with van der Waals surface area (Å²) in [5.74, 6) is 0.435. The van der Waals surface area contributed by atoms with Crippen LogP contribution >= 0.6 is 11.6 Å². The first-order valence-corrected chi connectivity index (χ1v) is 6.02. The molecule has 0 radical (unpaired) electrons. The number of nitriles is 1. The van der Waals surface area contributed by atoms with E-state index in [4.69, 9.17) is 21.6 Å². The third kappa shape index (κ3) is 2.41. The molecule has 5 heteroatoms. The molecule has 0 bridgehead atoms. The Hall–Kier alpha value is -1.73. The van der Waals surface area contributed by atoms with Gasteiger partial charge in [-0.15, -0.1) is 0 Å².